The average Bonchev–Trinajstić information content (AvgIpc) is 3.02. The third kappa shape index (κ3) is 4.22. The third-order valence-corrected chi connectivity index (χ3v) is 4.99. The van der Waals surface area contributed by atoms with Crippen LogP contribution < -0.4 is 9.54 Å². The maximum Gasteiger partial charge on any atom is 0.307 e. The highest BCUT2D eigenvalue weighted by Crippen LogP contribution is 2.23. The number of halogens is 1. The van der Waals surface area contributed by atoms with E-state index in [-0.39, 0.29) is 18.0 Å². The highest BCUT2D eigenvalue weighted by molar-refractivity contribution is 7.16. The van der Waals surface area contributed by atoms with Gasteiger partial charge in [-0.25, -0.2) is 4.39 Å². The molecule has 0 bridgehead atoms. The summed E-state index contributed by atoms with van der Waals surface area (Å²) in [7, 11) is 2.90. The van der Waals surface area contributed by atoms with Crippen LogP contribution in [0.4, 0.5) is 4.39 Å². The van der Waals surface area contributed by atoms with E-state index in [0.717, 1.165) is 10.2 Å². The van der Waals surface area contributed by atoms with Crippen molar-refractivity contribution in [2.75, 3.05) is 14.2 Å². The molecule has 0 radical (unpaired) electrons. The van der Waals surface area contributed by atoms with Crippen molar-refractivity contribution in [2.24, 2.45) is 4.99 Å². The van der Waals surface area contributed by atoms with Gasteiger partial charge in [0.15, 0.2) is 4.80 Å². The van der Waals surface area contributed by atoms with Crippen molar-refractivity contribution >= 4 is 33.4 Å². The van der Waals surface area contributed by atoms with Crippen molar-refractivity contribution in [3.8, 4) is 5.75 Å². The van der Waals surface area contributed by atoms with Gasteiger partial charge < -0.3 is 14.0 Å². The van der Waals surface area contributed by atoms with Crippen molar-refractivity contribution in [3.63, 3.8) is 0 Å². The number of methoxy groups -OCH3 is 2. The Morgan fingerprint density at radius 1 is 1.15 bits per heavy atom. The number of aryl methyl sites for hydroxylation is 1. The van der Waals surface area contributed by atoms with Crippen LogP contribution in [-0.2, 0) is 16.1 Å². The van der Waals surface area contributed by atoms with E-state index in [1.807, 2.05) is 12.1 Å². The van der Waals surface area contributed by atoms with E-state index in [1.165, 1.54) is 42.7 Å². The largest absolute Gasteiger partial charge is 0.497 e. The summed E-state index contributed by atoms with van der Waals surface area (Å²) in [5, 5.41) is 0. The molecule has 0 aliphatic heterocycles. The molecular formula is C19H17FN2O4S. The maximum absolute atomic E-state index is 13.1. The molecule has 0 fully saturated rings. The van der Waals surface area contributed by atoms with Gasteiger partial charge in [0.1, 0.15) is 11.6 Å². The van der Waals surface area contributed by atoms with Crippen molar-refractivity contribution < 1.29 is 23.5 Å². The second kappa shape index (κ2) is 8.13. The second-order valence-corrected chi connectivity index (χ2v) is 6.63. The number of benzene rings is 2. The number of esters is 1. The smallest absolute Gasteiger partial charge is 0.307 e. The van der Waals surface area contributed by atoms with Crippen molar-refractivity contribution in [2.45, 2.75) is 13.0 Å². The molecule has 1 amide bonds. The standard InChI is InChI=1S/C19H17FN2O4S/c1-25-14-7-8-15-16(11-14)27-19(22(15)10-9-17(23)26-2)21-18(24)12-3-5-13(20)6-4-12/h3-8,11H,9-10H2,1-2H3. The fourth-order valence-corrected chi connectivity index (χ4v) is 3.61. The van der Waals surface area contributed by atoms with Crippen LogP contribution in [0.25, 0.3) is 10.2 Å². The molecule has 3 aromatic rings. The van der Waals surface area contributed by atoms with Gasteiger partial charge in [-0.05, 0) is 42.5 Å². The third-order valence-electron chi connectivity index (χ3n) is 3.95. The zero-order valence-electron chi connectivity index (χ0n) is 14.8. The number of rotatable bonds is 5. The molecule has 0 aliphatic rings. The minimum atomic E-state index is -0.486. The lowest BCUT2D eigenvalue weighted by Crippen LogP contribution is -2.19. The Morgan fingerprint density at radius 2 is 1.89 bits per heavy atom. The number of fused-ring (bicyclic) bond motifs is 1. The highest BCUT2D eigenvalue weighted by Gasteiger charge is 2.12. The Hall–Kier alpha value is -3.00. The Labute approximate surface area is 158 Å². The monoisotopic (exact) mass is 388 g/mol. The summed E-state index contributed by atoms with van der Waals surface area (Å²) in [5.41, 5.74) is 1.11. The molecule has 0 unspecified atom stereocenters. The van der Waals surface area contributed by atoms with Gasteiger partial charge >= 0.3 is 5.97 Å². The molecule has 0 aliphatic carbocycles. The van der Waals surface area contributed by atoms with E-state index in [0.29, 0.717) is 17.1 Å². The van der Waals surface area contributed by atoms with E-state index in [4.69, 9.17) is 9.47 Å². The predicted molar refractivity (Wildman–Crippen MR) is 99.3 cm³/mol. The van der Waals surface area contributed by atoms with Gasteiger partial charge in [0.25, 0.3) is 5.91 Å². The topological polar surface area (TPSA) is 69.9 Å². The fourth-order valence-electron chi connectivity index (χ4n) is 2.53. The first kappa shape index (κ1) is 18.8. The van der Waals surface area contributed by atoms with Crippen molar-refractivity contribution in [1.82, 2.24) is 4.57 Å². The van der Waals surface area contributed by atoms with E-state index in [2.05, 4.69) is 4.99 Å². The SMILES string of the molecule is COC(=O)CCn1c(=NC(=O)c2ccc(F)cc2)sc2cc(OC)ccc21. The van der Waals surface area contributed by atoms with Crippen LogP contribution in [0.15, 0.2) is 47.5 Å². The molecule has 6 nitrogen and oxygen atoms in total. The molecule has 1 heterocycles. The van der Waals surface area contributed by atoms with Crippen LogP contribution >= 0.6 is 11.3 Å². The van der Waals surface area contributed by atoms with E-state index in [9.17, 15) is 14.0 Å². The van der Waals surface area contributed by atoms with Gasteiger partial charge in [0.05, 0.1) is 30.9 Å². The lowest BCUT2D eigenvalue weighted by Gasteiger charge is -2.05. The average molecular weight is 388 g/mol. The van der Waals surface area contributed by atoms with Gasteiger partial charge in [-0.15, -0.1) is 0 Å². The first-order valence-electron chi connectivity index (χ1n) is 8.10. The number of hydrogen-bond acceptors (Lipinski definition) is 5. The lowest BCUT2D eigenvalue weighted by molar-refractivity contribution is -0.140. The number of thiazole rings is 1. The molecule has 8 heteroatoms. The Balaban J connectivity index is 2.07. The minimum Gasteiger partial charge on any atom is -0.497 e. The van der Waals surface area contributed by atoms with E-state index >= 15 is 0 Å². The maximum atomic E-state index is 13.1. The quantitative estimate of drug-likeness (QED) is 0.630. The molecule has 0 saturated carbocycles. The molecule has 0 saturated heterocycles. The summed E-state index contributed by atoms with van der Waals surface area (Å²) >= 11 is 1.31. The van der Waals surface area contributed by atoms with E-state index < -0.39 is 11.7 Å². The zero-order chi connectivity index (χ0) is 19.4. The number of nitrogens with zero attached hydrogens (tertiary/aromatic N) is 2. The Kier molecular flexibility index (Phi) is 5.66. The van der Waals surface area contributed by atoms with E-state index in [1.54, 1.807) is 17.7 Å². The first-order valence-corrected chi connectivity index (χ1v) is 8.92. The van der Waals surface area contributed by atoms with Gasteiger partial charge in [-0.1, -0.05) is 11.3 Å². The number of carbonyl (C=O) groups is 2. The summed E-state index contributed by atoms with van der Waals surface area (Å²) in [6, 6.07) is 10.7. The van der Waals surface area contributed by atoms with Crippen LogP contribution in [0.3, 0.4) is 0 Å². The normalized spacial score (nSPS) is 11.6. The number of ether oxygens (including phenoxy) is 2. The number of aromatic nitrogens is 1. The van der Waals surface area contributed by atoms with Crippen LogP contribution in [0.2, 0.25) is 0 Å². The first-order chi connectivity index (χ1) is 13.0. The van der Waals surface area contributed by atoms with Crippen molar-refractivity contribution in [3.05, 3.63) is 58.6 Å². The Bertz CT molecular complexity index is 1050. The van der Waals surface area contributed by atoms with Gasteiger partial charge in [-0.3, -0.25) is 9.59 Å². The molecule has 2 aromatic carbocycles. The fraction of sp³-hybridized carbons (Fsp3) is 0.211. The van der Waals surface area contributed by atoms with Gasteiger partial charge in [0.2, 0.25) is 0 Å². The molecule has 27 heavy (non-hydrogen) atoms. The summed E-state index contributed by atoms with van der Waals surface area (Å²) in [4.78, 5) is 28.6. The van der Waals surface area contributed by atoms with Crippen LogP contribution in [0.5, 0.6) is 5.75 Å². The number of carbonyl (C=O) groups excluding carboxylic acids is 2. The summed E-state index contributed by atoms with van der Waals surface area (Å²) in [5.74, 6) is -0.583. The van der Waals surface area contributed by atoms with Crippen LogP contribution in [0, 0.1) is 5.82 Å². The predicted octanol–water partition coefficient (Wildman–Crippen LogP) is 3.15. The molecule has 0 N–H and O–H groups in total. The number of amides is 1. The van der Waals surface area contributed by atoms with Crippen molar-refractivity contribution in [1.29, 1.82) is 0 Å². The zero-order valence-corrected chi connectivity index (χ0v) is 15.6. The molecule has 0 atom stereocenters. The highest BCUT2D eigenvalue weighted by atomic mass is 32.1. The van der Waals surface area contributed by atoms with Gasteiger partial charge in [0, 0.05) is 12.1 Å². The summed E-state index contributed by atoms with van der Waals surface area (Å²) in [6.45, 7) is 0.314. The minimum absolute atomic E-state index is 0.145. The summed E-state index contributed by atoms with van der Waals surface area (Å²) in [6.07, 6.45) is 0.145. The molecule has 140 valence electrons. The summed E-state index contributed by atoms with van der Waals surface area (Å²) < 4.78 is 25.7. The Morgan fingerprint density at radius 3 is 2.56 bits per heavy atom. The molecular weight excluding hydrogens is 371 g/mol. The van der Waals surface area contributed by atoms with Gasteiger partial charge in [-0.2, -0.15) is 4.99 Å². The molecule has 1 aromatic heterocycles. The van der Waals surface area contributed by atoms with Crippen LogP contribution in [0.1, 0.15) is 16.8 Å². The molecule has 3 rings (SSSR count). The lowest BCUT2D eigenvalue weighted by atomic mass is 10.2. The molecule has 0 spiro atoms. The number of hydrogen-bond donors (Lipinski definition) is 0. The van der Waals surface area contributed by atoms with Crippen LogP contribution in [-0.4, -0.2) is 30.7 Å². The second-order valence-electron chi connectivity index (χ2n) is 5.62.